The van der Waals surface area contributed by atoms with Crippen molar-refractivity contribution in [2.75, 3.05) is 19.6 Å². The van der Waals surface area contributed by atoms with E-state index in [0.29, 0.717) is 6.04 Å². The Bertz CT molecular complexity index is 561. The predicted molar refractivity (Wildman–Crippen MR) is 111 cm³/mol. The van der Waals surface area contributed by atoms with Gasteiger partial charge in [0.1, 0.15) is 0 Å². The fraction of sp³-hybridized carbons (Fsp3) is 0.500. The minimum atomic E-state index is 0.290. The van der Waals surface area contributed by atoms with Crippen molar-refractivity contribution in [3.63, 3.8) is 0 Å². The van der Waals surface area contributed by atoms with Crippen LogP contribution in [0.5, 0.6) is 0 Å². The summed E-state index contributed by atoms with van der Waals surface area (Å²) in [5.74, 6) is 0. The van der Waals surface area contributed by atoms with Gasteiger partial charge >= 0.3 is 0 Å². The van der Waals surface area contributed by atoms with Gasteiger partial charge in [-0.25, -0.2) is 0 Å². The molecule has 2 aromatic carbocycles. The second-order valence-corrected chi connectivity index (χ2v) is 7.60. The zero-order chi connectivity index (χ0) is 18.0. The number of benzene rings is 2. The third-order valence-corrected chi connectivity index (χ3v) is 5.55. The molecule has 2 nitrogen and oxygen atoms in total. The van der Waals surface area contributed by atoms with Crippen LogP contribution in [0.15, 0.2) is 60.7 Å². The third kappa shape index (κ3) is 5.69. The molecule has 3 rings (SSSR count). The lowest BCUT2D eigenvalue weighted by Gasteiger charge is -2.31. The Morgan fingerprint density at radius 3 is 1.92 bits per heavy atom. The van der Waals surface area contributed by atoms with E-state index in [4.69, 9.17) is 0 Å². The summed E-state index contributed by atoms with van der Waals surface area (Å²) in [6.07, 6.45) is 7.80. The molecule has 1 fully saturated rings. The van der Waals surface area contributed by atoms with Crippen molar-refractivity contribution in [1.82, 2.24) is 10.2 Å². The van der Waals surface area contributed by atoms with E-state index in [9.17, 15) is 0 Å². The second kappa shape index (κ2) is 10.5. The van der Waals surface area contributed by atoms with Crippen LogP contribution >= 0.6 is 0 Å². The molecule has 1 heterocycles. The monoisotopic (exact) mass is 350 g/mol. The lowest BCUT2D eigenvalue weighted by Crippen LogP contribution is -2.38. The second-order valence-electron chi connectivity index (χ2n) is 7.60. The number of hydrogen-bond donors (Lipinski definition) is 1. The summed E-state index contributed by atoms with van der Waals surface area (Å²) in [6.45, 7) is 6.10. The molecule has 0 unspecified atom stereocenters. The highest BCUT2D eigenvalue weighted by atomic mass is 15.1. The van der Waals surface area contributed by atoms with Crippen molar-refractivity contribution in [2.24, 2.45) is 0 Å². The van der Waals surface area contributed by atoms with Gasteiger partial charge in [-0.2, -0.15) is 0 Å². The van der Waals surface area contributed by atoms with Crippen molar-refractivity contribution < 1.29 is 0 Å². The highest BCUT2D eigenvalue weighted by Gasteiger charge is 2.20. The van der Waals surface area contributed by atoms with E-state index in [-0.39, 0.29) is 6.04 Å². The third-order valence-electron chi connectivity index (χ3n) is 5.55. The minimum Gasteiger partial charge on any atom is -0.303 e. The van der Waals surface area contributed by atoms with Gasteiger partial charge in [0.05, 0.1) is 6.04 Å². The maximum absolute atomic E-state index is 4.00. The number of hydrogen-bond acceptors (Lipinski definition) is 2. The number of unbranched alkanes of at least 4 members (excludes halogenated alkanes) is 1. The van der Waals surface area contributed by atoms with E-state index < -0.39 is 0 Å². The van der Waals surface area contributed by atoms with Crippen LogP contribution in [0.2, 0.25) is 0 Å². The van der Waals surface area contributed by atoms with E-state index >= 15 is 0 Å². The lowest BCUT2D eigenvalue weighted by atomic mass is 9.95. The number of rotatable bonds is 7. The van der Waals surface area contributed by atoms with E-state index in [1.807, 2.05) is 0 Å². The van der Waals surface area contributed by atoms with Crippen LogP contribution in [-0.4, -0.2) is 30.6 Å². The van der Waals surface area contributed by atoms with Gasteiger partial charge in [-0.15, -0.1) is 0 Å². The smallest absolute Gasteiger partial charge is 0.0578 e. The van der Waals surface area contributed by atoms with Gasteiger partial charge in [0.15, 0.2) is 0 Å². The largest absolute Gasteiger partial charge is 0.303 e. The van der Waals surface area contributed by atoms with E-state index in [1.165, 1.54) is 69.3 Å². The number of nitrogens with one attached hydrogen (secondary N) is 1. The Morgan fingerprint density at radius 2 is 1.42 bits per heavy atom. The van der Waals surface area contributed by atoms with Crippen LogP contribution in [0.25, 0.3) is 0 Å². The van der Waals surface area contributed by atoms with Gasteiger partial charge < -0.3 is 10.2 Å². The zero-order valence-electron chi connectivity index (χ0n) is 16.2. The van der Waals surface area contributed by atoms with Crippen LogP contribution in [-0.2, 0) is 0 Å². The first-order chi connectivity index (χ1) is 12.9. The van der Waals surface area contributed by atoms with Crippen LogP contribution in [0.1, 0.15) is 62.6 Å². The molecule has 2 heteroatoms. The first-order valence-electron chi connectivity index (χ1n) is 10.4. The maximum Gasteiger partial charge on any atom is 0.0578 e. The van der Waals surface area contributed by atoms with Crippen LogP contribution < -0.4 is 5.32 Å². The summed E-state index contributed by atoms with van der Waals surface area (Å²) >= 11 is 0. The molecular weight excluding hydrogens is 316 g/mol. The Kier molecular flexibility index (Phi) is 7.72. The summed E-state index contributed by atoms with van der Waals surface area (Å²) in [6, 6.07) is 22.7. The quantitative estimate of drug-likeness (QED) is 0.718. The molecule has 1 aliphatic rings. The highest BCUT2D eigenvalue weighted by molar-refractivity contribution is 5.31. The predicted octanol–water partition coefficient (Wildman–Crippen LogP) is 5.41. The Hall–Kier alpha value is -1.64. The van der Waals surface area contributed by atoms with Crippen molar-refractivity contribution in [3.05, 3.63) is 71.8 Å². The van der Waals surface area contributed by atoms with E-state index in [2.05, 4.69) is 77.8 Å². The lowest BCUT2D eigenvalue weighted by molar-refractivity contribution is 0.226. The molecule has 0 atom stereocenters. The molecule has 140 valence electrons. The summed E-state index contributed by atoms with van der Waals surface area (Å²) in [5.41, 5.74) is 2.73. The normalized spacial score (nSPS) is 17.2. The summed E-state index contributed by atoms with van der Waals surface area (Å²) in [5, 5.41) is 4.00. The van der Waals surface area contributed by atoms with Gasteiger partial charge in [0.25, 0.3) is 0 Å². The SMILES string of the molecule is CCCCN1CCCC(NC(c2ccccc2)c2ccccc2)CCC1. The average molecular weight is 351 g/mol. The molecule has 1 aliphatic heterocycles. The summed E-state index contributed by atoms with van der Waals surface area (Å²) in [4.78, 5) is 2.67. The fourth-order valence-corrected chi connectivity index (χ4v) is 4.06. The van der Waals surface area contributed by atoms with Crippen LogP contribution in [0.4, 0.5) is 0 Å². The van der Waals surface area contributed by atoms with Crippen molar-refractivity contribution in [1.29, 1.82) is 0 Å². The van der Waals surface area contributed by atoms with Gasteiger partial charge in [-0.05, 0) is 62.9 Å². The molecule has 1 saturated heterocycles. The molecule has 0 radical (unpaired) electrons. The molecule has 0 spiro atoms. The van der Waals surface area contributed by atoms with Crippen molar-refractivity contribution in [3.8, 4) is 0 Å². The standard InChI is InChI=1S/C24H34N2/c1-2-3-18-26-19-10-16-23(17-11-20-26)25-24(21-12-6-4-7-13-21)22-14-8-5-9-15-22/h4-9,12-15,23-25H,2-3,10-11,16-20H2,1H3. The first-order valence-corrected chi connectivity index (χ1v) is 10.4. The molecule has 0 bridgehead atoms. The molecule has 1 N–H and O–H groups in total. The first kappa shape index (κ1) is 19.1. The molecular formula is C24H34N2. The Labute approximate surface area is 159 Å². The van der Waals surface area contributed by atoms with Crippen LogP contribution in [0.3, 0.4) is 0 Å². The van der Waals surface area contributed by atoms with Crippen molar-refractivity contribution >= 4 is 0 Å². The van der Waals surface area contributed by atoms with Crippen LogP contribution in [0, 0.1) is 0 Å². The molecule has 0 aliphatic carbocycles. The Balaban J connectivity index is 1.64. The molecule has 0 saturated carbocycles. The molecule has 2 aromatic rings. The number of nitrogens with zero attached hydrogens (tertiary/aromatic N) is 1. The molecule has 0 amide bonds. The van der Waals surface area contributed by atoms with E-state index in [0.717, 1.165) is 0 Å². The highest BCUT2D eigenvalue weighted by Crippen LogP contribution is 2.24. The summed E-state index contributed by atoms with van der Waals surface area (Å²) in [7, 11) is 0. The Morgan fingerprint density at radius 1 is 0.885 bits per heavy atom. The minimum absolute atomic E-state index is 0.290. The van der Waals surface area contributed by atoms with Gasteiger partial charge in [0.2, 0.25) is 0 Å². The van der Waals surface area contributed by atoms with E-state index in [1.54, 1.807) is 0 Å². The zero-order valence-corrected chi connectivity index (χ0v) is 16.2. The average Bonchev–Trinajstić information content (AvgIpc) is 2.68. The van der Waals surface area contributed by atoms with Gasteiger partial charge in [0, 0.05) is 6.04 Å². The molecule has 0 aromatic heterocycles. The van der Waals surface area contributed by atoms with Gasteiger partial charge in [-0.3, -0.25) is 0 Å². The number of likely N-dealkylation sites (tertiary alicyclic amines) is 1. The summed E-state index contributed by atoms with van der Waals surface area (Å²) < 4.78 is 0. The van der Waals surface area contributed by atoms with Gasteiger partial charge in [-0.1, -0.05) is 74.0 Å². The topological polar surface area (TPSA) is 15.3 Å². The fourth-order valence-electron chi connectivity index (χ4n) is 4.06. The maximum atomic E-state index is 4.00. The molecule has 26 heavy (non-hydrogen) atoms. The van der Waals surface area contributed by atoms with Crippen molar-refractivity contribution in [2.45, 2.75) is 57.5 Å².